The average molecular weight is 361 g/mol. The van der Waals surface area contributed by atoms with Crippen LogP contribution in [0.3, 0.4) is 0 Å². The molecule has 0 saturated heterocycles. The summed E-state index contributed by atoms with van der Waals surface area (Å²) < 4.78 is 16.0. The lowest BCUT2D eigenvalue weighted by Crippen LogP contribution is -2.09. The van der Waals surface area contributed by atoms with Crippen LogP contribution in [0.25, 0.3) is 0 Å². The Bertz CT molecular complexity index is 681. The zero-order valence-corrected chi connectivity index (χ0v) is 14.9. The van der Waals surface area contributed by atoms with Gasteiger partial charge in [0.05, 0.1) is 25.9 Å². The maximum atomic E-state index is 11.9. The molecule has 0 aliphatic rings. The van der Waals surface area contributed by atoms with Gasteiger partial charge in [-0.15, -0.1) is 0 Å². The Balaban J connectivity index is 1.68. The molecular formula is C20H21ClO4. The van der Waals surface area contributed by atoms with Crippen molar-refractivity contribution in [3.63, 3.8) is 0 Å². The van der Waals surface area contributed by atoms with Crippen LogP contribution in [-0.2, 0) is 16.1 Å². The molecule has 0 bridgehead atoms. The van der Waals surface area contributed by atoms with E-state index in [4.69, 9.17) is 25.8 Å². The van der Waals surface area contributed by atoms with Gasteiger partial charge in [0, 0.05) is 5.54 Å². The minimum Gasteiger partial charge on any atom is -0.497 e. The molecule has 0 aromatic heterocycles. The number of ether oxygens (including phenoxy) is 3. The van der Waals surface area contributed by atoms with Gasteiger partial charge in [-0.2, -0.15) is 0 Å². The Morgan fingerprint density at radius 3 is 2.44 bits per heavy atom. The first-order chi connectivity index (χ1) is 12.2. The van der Waals surface area contributed by atoms with Gasteiger partial charge in [-0.25, -0.2) is 4.79 Å². The first-order valence-electron chi connectivity index (χ1n) is 7.94. The van der Waals surface area contributed by atoms with Crippen molar-refractivity contribution in [2.75, 3.05) is 20.3 Å². The molecule has 0 fully saturated rings. The van der Waals surface area contributed by atoms with Crippen molar-refractivity contribution in [1.82, 2.24) is 0 Å². The molecule has 0 unspecified atom stereocenters. The molecule has 2 aromatic rings. The highest BCUT2D eigenvalue weighted by Crippen LogP contribution is 2.13. The molecule has 0 spiro atoms. The predicted molar refractivity (Wildman–Crippen MR) is 97.9 cm³/mol. The van der Waals surface area contributed by atoms with Crippen molar-refractivity contribution in [3.05, 3.63) is 76.8 Å². The lowest BCUT2D eigenvalue weighted by atomic mass is 10.2. The first-order valence-corrected chi connectivity index (χ1v) is 8.37. The third-order valence-corrected chi connectivity index (χ3v) is 3.86. The van der Waals surface area contributed by atoms with Gasteiger partial charge in [0.25, 0.3) is 0 Å². The minimum atomic E-state index is -0.365. The lowest BCUT2D eigenvalue weighted by molar-refractivity contribution is 0.0529. The number of benzene rings is 2. The molecule has 0 saturated carbocycles. The maximum absolute atomic E-state index is 11.9. The van der Waals surface area contributed by atoms with Crippen LogP contribution in [-0.4, -0.2) is 26.3 Å². The number of carbonyl (C=O) groups is 1. The number of rotatable bonds is 9. The van der Waals surface area contributed by atoms with Crippen LogP contribution < -0.4 is 4.74 Å². The second kappa shape index (κ2) is 10.5. The molecule has 0 aliphatic carbocycles. The van der Waals surface area contributed by atoms with Crippen molar-refractivity contribution >= 4 is 17.6 Å². The number of hydrogen-bond acceptors (Lipinski definition) is 4. The fourth-order valence-corrected chi connectivity index (χ4v) is 2.26. The van der Waals surface area contributed by atoms with Gasteiger partial charge in [0.1, 0.15) is 12.4 Å². The predicted octanol–water partition coefficient (Wildman–Crippen LogP) is 4.58. The van der Waals surface area contributed by atoms with Crippen molar-refractivity contribution in [3.8, 4) is 5.75 Å². The average Bonchev–Trinajstić information content (AvgIpc) is 2.68. The van der Waals surface area contributed by atoms with Crippen LogP contribution >= 0.6 is 11.6 Å². The summed E-state index contributed by atoms with van der Waals surface area (Å²) in [6.45, 7) is 1.15. The van der Waals surface area contributed by atoms with Crippen LogP contribution in [0, 0.1) is 0 Å². The number of carbonyl (C=O) groups excluding carboxylic acids is 1. The van der Waals surface area contributed by atoms with E-state index in [9.17, 15) is 4.79 Å². The van der Waals surface area contributed by atoms with E-state index in [0.29, 0.717) is 25.2 Å². The Hall–Kier alpha value is -2.30. The highest BCUT2D eigenvalue weighted by Gasteiger charge is 2.07. The maximum Gasteiger partial charge on any atom is 0.338 e. The van der Waals surface area contributed by atoms with Crippen molar-refractivity contribution in [2.24, 2.45) is 0 Å². The van der Waals surface area contributed by atoms with E-state index >= 15 is 0 Å². The van der Waals surface area contributed by atoms with Crippen LogP contribution in [0.4, 0.5) is 0 Å². The lowest BCUT2D eigenvalue weighted by Gasteiger charge is -2.09. The number of halogens is 1. The zero-order chi connectivity index (χ0) is 17.9. The quantitative estimate of drug-likeness (QED) is 0.485. The van der Waals surface area contributed by atoms with E-state index in [2.05, 4.69) is 0 Å². The summed E-state index contributed by atoms with van der Waals surface area (Å²) in [4.78, 5) is 11.9. The van der Waals surface area contributed by atoms with Crippen LogP contribution in [0.5, 0.6) is 5.75 Å². The Morgan fingerprint density at radius 1 is 1.08 bits per heavy atom. The van der Waals surface area contributed by atoms with Gasteiger partial charge in [0.15, 0.2) is 0 Å². The van der Waals surface area contributed by atoms with Crippen LogP contribution in [0.15, 0.2) is 65.7 Å². The summed E-state index contributed by atoms with van der Waals surface area (Å²) in [5.41, 5.74) is 3.83. The fourth-order valence-electron chi connectivity index (χ4n) is 2.09. The van der Waals surface area contributed by atoms with Gasteiger partial charge in [-0.1, -0.05) is 41.9 Å². The highest BCUT2D eigenvalue weighted by atomic mass is 35.5. The van der Waals surface area contributed by atoms with E-state index in [1.54, 1.807) is 31.4 Å². The normalized spacial score (nSPS) is 11.2. The highest BCUT2D eigenvalue weighted by molar-refractivity contribution is 6.25. The van der Waals surface area contributed by atoms with Gasteiger partial charge in [-0.3, -0.25) is 0 Å². The SMILES string of the molecule is COc1ccc(COCC/C(=C/Cl)COC(=O)c2ccccc2)cc1. The molecule has 132 valence electrons. The van der Waals surface area contributed by atoms with E-state index in [-0.39, 0.29) is 12.6 Å². The third-order valence-electron chi connectivity index (χ3n) is 3.55. The van der Waals surface area contributed by atoms with E-state index in [0.717, 1.165) is 16.9 Å². The number of esters is 1. The van der Waals surface area contributed by atoms with E-state index in [1.807, 2.05) is 30.3 Å². The van der Waals surface area contributed by atoms with Gasteiger partial charge in [0.2, 0.25) is 0 Å². The smallest absolute Gasteiger partial charge is 0.338 e. The largest absolute Gasteiger partial charge is 0.497 e. The van der Waals surface area contributed by atoms with Crippen LogP contribution in [0.2, 0.25) is 0 Å². The van der Waals surface area contributed by atoms with E-state index in [1.165, 1.54) is 5.54 Å². The number of hydrogen-bond donors (Lipinski definition) is 0. The standard InChI is InChI=1S/C20H21ClO4/c1-23-19-9-7-16(8-10-19)14-24-12-11-17(13-21)15-25-20(22)18-5-3-2-4-6-18/h2-10,13H,11-12,14-15H2,1H3/b17-13-. The molecule has 2 rings (SSSR count). The minimum absolute atomic E-state index is 0.156. The summed E-state index contributed by atoms with van der Waals surface area (Å²) in [5.74, 6) is 0.451. The molecule has 0 amide bonds. The summed E-state index contributed by atoms with van der Waals surface area (Å²) in [6.07, 6.45) is 0.599. The molecule has 0 aliphatic heterocycles. The summed E-state index contributed by atoms with van der Waals surface area (Å²) in [6, 6.07) is 16.6. The first kappa shape index (κ1) is 19.0. The molecule has 4 nitrogen and oxygen atoms in total. The van der Waals surface area contributed by atoms with Gasteiger partial charge in [-0.05, 0) is 41.8 Å². The molecule has 5 heteroatoms. The third kappa shape index (κ3) is 6.61. The molecule has 0 heterocycles. The molecule has 0 atom stereocenters. The Labute approximate surface area is 153 Å². The molecule has 0 N–H and O–H groups in total. The fraction of sp³-hybridized carbons (Fsp3) is 0.250. The topological polar surface area (TPSA) is 44.8 Å². The number of methoxy groups -OCH3 is 1. The van der Waals surface area contributed by atoms with Crippen LogP contribution in [0.1, 0.15) is 22.3 Å². The molecular weight excluding hydrogens is 340 g/mol. The Morgan fingerprint density at radius 2 is 1.80 bits per heavy atom. The van der Waals surface area contributed by atoms with Gasteiger partial charge >= 0.3 is 5.97 Å². The molecule has 25 heavy (non-hydrogen) atoms. The summed E-state index contributed by atoms with van der Waals surface area (Å²) >= 11 is 5.80. The summed E-state index contributed by atoms with van der Waals surface area (Å²) in [7, 11) is 1.64. The van der Waals surface area contributed by atoms with Gasteiger partial charge < -0.3 is 14.2 Å². The Kier molecular flexibility index (Phi) is 8.02. The van der Waals surface area contributed by atoms with Crippen molar-refractivity contribution < 1.29 is 19.0 Å². The summed E-state index contributed by atoms with van der Waals surface area (Å²) in [5, 5.41) is 0. The van der Waals surface area contributed by atoms with Crippen molar-refractivity contribution in [2.45, 2.75) is 13.0 Å². The second-order valence-electron chi connectivity index (χ2n) is 5.36. The zero-order valence-electron chi connectivity index (χ0n) is 14.1. The molecule has 0 radical (unpaired) electrons. The van der Waals surface area contributed by atoms with E-state index < -0.39 is 0 Å². The monoisotopic (exact) mass is 360 g/mol. The van der Waals surface area contributed by atoms with Crippen molar-refractivity contribution in [1.29, 1.82) is 0 Å². The second-order valence-corrected chi connectivity index (χ2v) is 5.58. The molecule has 2 aromatic carbocycles.